The number of alkyl halides is 3. The van der Waals surface area contributed by atoms with Crippen LogP contribution in [0.25, 0.3) is 5.65 Å². The Bertz CT molecular complexity index is 993. The lowest BCUT2D eigenvalue weighted by atomic mass is 9.80. The average molecular weight is 453 g/mol. The van der Waals surface area contributed by atoms with Crippen LogP contribution < -0.4 is 0 Å². The van der Waals surface area contributed by atoms with E-state index in [2.05, 4.69) is 4.98 Å². The average Bonchev–Trinajstić information content (AvgIpc) is 3.16. The summed E-state index contributed by atoms with van der Waals surface area (Å²) in [6.07, 6.45) is -1.48. The summed E-state index contributed by atoms with van der Waals surface area (Å²) >= 11 is 0. The maximum Gasteiger partial charge on any atom is 0.409 e. The van der Waals surface area contributed by atoms with E-state index in [1.807, 2.05) is 37.4 Å². The number of likely N-dealkylation sites (tertiary alicyclic amines) is 1. The third-order valence-corrected chi connectivity index (χ3v) is 7.26. The Morgan fingerprint density at radius 1 is 1.12 bits per heavy atom. The van der Waals surface area contributed by atoms with Gasteiger partial charge in [-0.2, -0.15) is 18.3 Å². The lowest BCUT2D eigenvalue weighted by Gasteiger charge is -2.44. The van der Waals surface area contributed by atoms with Gasteiger partial charge in [0.2, 0.25) is 0 Å². The molecule has 176 valence electrons. The Balaban J connectivity index is 1.61. The van der Waals surface area contributed by atoms with Crippen molar-refractivity contribution in [1.29, 1.82) is 0 Å². The van der Waals surface area contributed by atoms with Crippen molar-refractivity contribution in [3.8, 4) is 0 Å². The first-order valence-electron chi connectivity index (χ1n) is 11.3. The van der Waals surface area contributed by atoms with Crippen molar-refractivity contribution in [2.24, 2.45) is 5.92 Å². The summed E-state index contributed by atoms with van der Waals surface area (Å²) in [5.41, 5.74) is 3.06. The first-order chi connectivity index (χ1) is 15.0. The highest BCUT2D eigenvalue weighted by Crippen LogP contribution is 2.43. The molecule has 0 unspecified atom stereocenters. The van der Waals surface area contributed by atoms with Crippen molar-refractivity contribution in [3.63, 3.8) is 0 Å². The molecule has 2 aromatic heterocycles. The van der Waals surface area contributed by atoms with Gasteiger partial charge in [-0.15, -0.1) is 0 Å². The Morgan fingerprint density at radius 2 is 1.81 bits per heavy atom. The van der Waals surface area contributed by atoms with E-state index < -0.39 is 12.1 Å². The van der Waals surface area contributed by atoms with Gasteiger partial charge in [-0.1, -0.05) is 0 Å². The number of hydrogen-bond acceptors (Lipinski definition) is 4. The molecule has 1 amide bonds. The minimum atomic E-state index is -4.12. The molecule has 0 spiro atoms. The summed E-state index contributed by atoms with van der Waals surface area (Å²) in [5, 5.41) is 4.80. The number of amides is 1. The number of aromatic nitrogens is 3. The Labute approximate surface area is 186 Å². The van der Waals surface area contributed by atoms with Crippen molar-refractivity contribution >= 4 is 11.7 Å². The molecule has 2 aromatic rings. The molecule has 6 nitrogen and oxygen atoms in total. The van der Waals surface area contributed by atoms with E-state index in [1.165, 1.54) is 7.11 Å². The fourth-order valence-electron chi connectivity index (χ4n) is 5.25. The zero-order valence-corrected chi connectivity index (χ0v) is 19.1. The number of halogens is 3. The third kappa shape index (κ3) is 4.30. The highest BCUT2D eigenvalue weighted by atomic mass is 19.4. The summed E-state index contributed by atoms with van der Waals surface area (Å²) in [7, 11) is 1.39. The van der Waals surface area contributed by atoms with Crippen LogP contribution in [0, 0.1) is 12.8 Å². The van der Waals surface area contributed by atoms with E-state index in [9.17, 15) is 18.0 Å². The minimum Gasteiger partial charge on any atom is -0.453 e. The van der Waals surface area contributed by atoms with Gasteiger partial charge in [-0.3, -0.25) is 0 Å². The molecule has 9 heteroatoms. The number of piperidine rings is 1. The molecule has 0 radical (unpaired) electrons. The zero-order valence-electron chi connectivity index (χ0n) is 19.1. The molecular formula is C23H31F3N4O2. The van der Waals surface area contributed by atoms with Gasteiger partial charge in [0.05, 0.1) is 24.4 Å². The molecule has 32 heavy (non-hydrogen) atoms. The highest BCUT2D eigenvalue weighted by molar-refractivity contribution is 5.68. The normalized spacial score (nSPS) is 26.3. The van der Waals surface area contributed by atoms with E-state index in [0.29, 0.717) is 25.0 Å². The number of fused-ring (bicyclic) bond motifs is 1. The second-order valence-electron chi connectivity index (χ2n) is 9.88. The number of nitrogens with zero attached hydrogens (tertiary/aromatic N) is 4. The van der Waals surface area contributed by atoms with E-state index in [4.69, 9.17) is 9.84 Å². The monoisotopic (exact) mass is 452 g/mol. The fraction of sp³-hybridized carbons (Fsp3) is 0.696. The molecule has 2 aliphatic rings. The lowest BCUT2D eigenvalue weighted by molar-refractivity contribution is -0.182. The van der Waals surface area contributed by atoms with Gasteiger partial charge in [-0.25, -0.2) is 14.3 Å². The van der Waals surface area contributed by atoms with Crippen molar-refractivity contribution in [2.75, 3.05) is 13.7 Å². The van der Waals surface area contributed by atoms with Crippen LogP contribution in [0.3, 0.4) is 0 Å². The molecule has 1 saturated heterocycles. The van der Waals surface area contributed by atoms with Gasteiger partial charge in [-0.05, 0) is 65.4 Å². The van der Waals surface area contributed by atoms with Gasteiger partial charge in [0.25, 0.3) is 0 Å². The predicted octanol–water partition coefficient (Wildman–Crippen LogP) is 5.60. The van der Waals surface area contributed by atoms with Crippen LogP contribution in [0.1, 0.15) is 81.3 Å². The predicted molar refractivity (Wildman–Crippen MR) is 114 cm³/mol. The molecule has 1 aliphatic carbocycles. The van der Waals surface area contributed by atoms with Crippen LogP contribution in [0.4, 0.5) is 18.0 Å². The maximum atomic E-state index is 13.0. The van der Waals surface area contributed by atoms with Crippen molar-refractivity contribution in [2.45, 2.75) is 82.8 Å². The Morgan fingerprint density at radius 3 is 2.44 bits per heavy atom. The topological polar surface area (TPSA) is 59.7 Å². The number of hydrogen-bond donors (Lipinski definition) is 0. The van der Waals surface area contributed by atoms with Crippen LogP contribution in [0.15, 0.2) is 12.1 Å². The van der Waals surface area contributed by atoms with Crippen molar-refractivity contribution in [3.05, 3.63) is 29.2 Å². The number of rotatable bonds is 2. The number of carbonyl (C=O) groups is 1. The molecule has 0 bridgehead atoms. The van der Waals surface area contributed by atoms with Gasteiger partial charge in [0.15, 0.2) is 5.65 Å². The molecule has 0 N–H and O–H groups in total. The van der Waals surface area contributed by atoms with E-state index >= 15 is 0 Å². The summed E-state index contributed by atoms with van der Waals surface area (Å²) in [6.45, 7) is 6.52. The van der Waals surface area contributed by atoms with Crippen molar-refractivity contribution in [1.82, 2.24) is 19.5 Å². The standard InChI is InChI=1S/C23H31F3N4O2/c1-14-11-19(16-9-10-22(2,3)29(13-16)21(31)32-4)30-20(27-14)12-18(28-30)15-5-7-17(8-6-15)23(24,25)26/h11-12,15-17H,5-10,13H2,1-4H3/t15-,16-,17-/m0/s1. The number of methoxy groups -OCH3 is 1. The molecule has 3 heterocycles. The second kappa shape index (κ2) is 8.23. The molecular weight excluding hydrogens is 421 g/mol. The van der Waals surface area contributed by atoms with Gasteiger partial charge >= 0.3 is 12.3 Å². The first kappa shape index (κ1) is 22.9. The first-order valence-corrected chi connectivity index (χ1v) is 11.3. The molecule has 1 aliphatic heterocycles. The fourth-order valence-corrected chi connectivity index (χ4v) is 5.25. The van der Waals surface area contributed by atoms with Crippen LogP contribution in [-0.2, 0) is 4.74 Å². The van der Waals surface area contributed by atoms with Crippen LogP contribution in [-0.4, -0.2) is 51.0 Å². The lowest BCUT2D eigenvalue weighted by Crippen LogP contribution is -2.52. The molecule has 0 aromatic carbocycles. The largest absolute Gasteiger partial charge is 0.453 e. The summed E-state index contributed by atoms with van der Waals surface area (Å²) in [6, 6.07) is 3.92. The molecule has 1 saturated carbocycles. The highest BCUT2D eigenvalue weighted by Gasteiger charge is 2.42. The Kier molecular flexibility index (Phi) is 5.88. The van der Waals surface area contributed by atoms with Gasteiger partial charge in [0.1, 0.15) is 0 Å². The maximum absolute atomic E-state index is 13.0. The SMILES string of the molecule is COC(=O)N1C[C@@H](c2cc(C)nc3cc([C@H]4CC[C@H](C(F)(F)F)CC4)nn23)CCC1(C)C. The number of aryl methyl sites for hydroxylation is 1. The number of carbonyl (C=O) groups excluding carboxylic acids is 1. The second-order valence-corrected chi connectivity index (χ2v) is 9.88. The summed E-state index contributed by atoms with van der Waals surface area (Å²) in [5.74, 6) is -1.12. The molecule has 1 atom stereocenters. The third-order valence-electron chi connectivity index (χ3n) is 7.26. The smallest absolute Gasteiger partial charge is 0.409 e. The van der Waals surface area contributed by atoms with Crippen LogP contribution >= 0.6 is 0 Å². The van der Waals surface area contributed by atoms with Gasteiger partial charge in [0, 0.05) is 35.7 Å². The Hall–Kier alpha value is -2.32. The summed E-state index contributed by atoms with van der Waals surface area (Å²) in [4.78, 5) is 18.8. The van der Waals surface area contributed by atoms with Crippen LogP contribution in [0.5, 0.6) is 0 Å². The van der Waals surface area contributed by atoms with E-state index in [1.54, 1.807) is 4.90 Å². The zero-order chi connectivity index (χ0) is 23.3. The summed E-state index contributed by atoms with van der Waals surface area (Å²) < 4.78 is 46.0. The minimum absolute atomic E-state index is 0.0142. The van der Waals surface area contributed by atoms with E-state index in [-0.39, 0.29) is 36.3 Å². The van der Waals surface area contributed by atoms with E-state index in [0.717, 1.165) is 29.9 Å². The molecule has 4 rings (SSSR count). The number of ether oxygens (including phenoxy) is 1. The van der Waals surface area contributed by atoms with Gasteiger partial charge < -0.3 is 9.64 Å². The quantitative estimate of drug-likeness (QED) is 0.595. The van der Waals surface area contributed by atoms with Crippen LogP contribution in [0.2, 0.25) is 0 Å². The van der Waals surface area contributed by atoms with Crippen molar-refractivity contribution < 1.29 is 22.7 Å². The molecule has 2 fully saturated rings.